The quantitative estimate of drug-likeness (QED) is 0.497. The maximum Gasteiger partial charge on any atom is 0.223 e. The van der Waals surface area contributed by atoms with Crippen molar-refractivity contribution < 1.29 is 4.52 Å². The molecule has 0 aromatic carbocycles. The molecular formula is C19H18N4OS2. The number of rotatable bonds is 6. The van der Waals surface area contributed by atoms with E-state index in [1.165, 1.54) is 4.88 Å². The van der Waals surface area contributed by atoms with E-state index in [2.05, 4.69) is 43.7 Å². The topological polar surface area (TPSA) is 63.8 Å². The Morgan fingerprint density at radius 2 is 2.12 bits per heavy atom. The van der Waals surface area contributed by atoms with Crippen molar-refractivity contribution in [1.29, 1.82) is 0 Å². The molecule has 0 atom stereocenters. The molecule has 0 unspecified atom stereocenters. The first-order valence-electron chi connectivity index (χ1n) is 8.31. The summed E-state index contributed by atoms with van der Waals surface area (Å²) in [4.78, 5) is 10.5. The molecule has 0 bridgehead atoms. The van der Waals surface area contributed by atoms with E-state index in [-0.39, 0.29) is 0 Å². The molecule has 0 spiro atoms. The molecule has 0 aliphatic rings. The van der Waals surface area contributed by atoms with Crippen molar-refractivity contribution in [2.75, 3.05) is 11.9 Å². The average molecular weight is 383 g/mol. The Bertz CT molecular complexity index is 971. The van der Waals surface area contributed by atoms with E-state index >= 15 is 0 Å². The molecule has 0 saturated heterocycles. The highest BCUT2D eigenvalue weighted by atomic mass is 32.1. The fourth-order valence-corrected chi connectivity index (χ4v) is 4.23. The molecule has 4 aromatic heterocycles. The minimum Gasteiger partial charge on any atom is -0.361 e. The van der Waals surface area contributed by atoms with Gasteiger partial charge in [0.1, 0.15) is 5.76 Å². The van der Waals surface area contributed by atoms with Gasteiger partial charge in [-0.25, -0.2) is 9.97 Å². The average Bonchev–Trinajstić information content (AvgIpc) is 3.40. The Morgan fingerprint density at radius 1 is 1.19 bits per heavy atom. The lowest BCUT2D eigenvalue weighted by atomic mass is 10.1. The third kappa shape index (κ3) is 3.40. The zero-order valence-electron chi connectivity index (χ0n) is 14.5. The first-order chi connectivity index (χ1) is 12.7. The van der Waals surface area contributed by atoms with Gasteiger partial charge in [-0.05, 0) is 43.2 Å². The first kappa shape index (κ1) is 16.9. The number of nitrogens with one attached hydrogen (secondary N) is 1. The first-order valence-corrected chi connectivity index (χ1v) is 10.1. The maximum absolute atomic E-state index is 5.22. The zero-order chi connectivity index (χ0) is 17.9. The van der Waals surface area contributed by atoms with Crippen LogP contribution in [0.4, 0.5) is 5.95 Å². The summed E-state index contributed by atoms with van der Waals surface area (Å²) in [5.41, 5.74) is 5.23. The van der Waals surface area contributed by atoms with E-state index < -0.39 is 0 Å². The van der Waals surface area contributed by atoms with Gasteiger partial charge < -0.3 is 9.84 Å². The van der Waals surface area contributed by atoms with Crippen LogP contribution in [-0.4, -0.2) is 21.7 Å². The van der Waals surface area contributed by atoms with Gasteiger partial charge in [0, 0.05) is 39.7 Å². The highest BCUT2D eigenvalue weighted by molar-refractivity contribution is 7.13. The van der Waals surface area contributed by atoms with E-state index in [4.69, 9.17) is 9.51 Å². The standard InChI is InChI=1S/C19H18N4OS2/c1-12-15(13(2)24-23-12)5-7-20-19-21-10-16(17-4-3-8-26-17)18(22-19)14-6-9-25-11-14/h3-4,6,8-11H,5,7H2,1-2H3,(H,20,21,22). The number of hydrogen-bond donors (Lipinski definition) is 1. The molecule has 0 amide bonds. The third-order valence-electron chi connectivity index (χ3n) is 4.21. The molecule has 5 nitrogen and oxygen atoms in total. The van der Waals surface area contributed by atoms with Crippen LogP contribution in [0.25, 0.3) is 21.7 Å². The van der Waals surface area contributed by atoms with Crippen molar-refractivity contribution in [3.05, 3.63) is 57.6 Å². The maximum atomic E-state index is 5.22. The van der Waals surface area contributed by atoms with Crippen molar-refractivity contribution in [2.24, 2.45) is 0 Å². The Morgan fingerprint density at radius 3 is 2.81 bits per heavy atom. The summed E-state index contributed by atoms with van der Waals surface area (Å²) in [6.07, 6.45) is 2.73. The number of thiophene rings is 2. The smallest absolute Gasteiger partial charge is 0.223 e. The number of hydrogen-bond acceptors (Lipinski definition) is 7. The van der Waals surface area contributed by atoms with Crippen LogP contribution in [0.1, 0.15) is 17.0 Å². The van der Waals surface area contributed by atoms with Gasteiger partial charge in [-0.1, -0.05) is 11.2 Å². The summed E-state index contributed by atoms with van der Waals surface area (Å²) >= 11 is 3.37. The number of aryl methyl sites for hydroxylation is 2. The van der Waals surface area contributed by atoms with Crippen LogP contribution in [0.5, 0.6) is 0 Å². The van der Waals surface area contributed by atoms with Crippen molar-refractivity contribution >= 4 is 28.6 Å². The predicted molar refractivity (Wildman–Crippen MR) is 107 cm³/mol. The summed E-state index contributed by atoms with van der Waals surface area (Å²) in [6, 6.07) is 6.24. The predicted octanol–water partition coefficient (Wildman–Crippen LogP) is 5.19. The molecule has 4 rings (SSSR count). The van der Waals surface area contributed by atoms with Crippen LogP contribution in [-0.2, 0) is 6.42 Å². The molecule has 0 fully saturated rings. The minimum atomic E-state index is 0.637. The SMILES string of the molecule is Cc1noc(C)c1CCNc1ncc(-c2cccs2)c(-c2ccsc2)n1. The Hall–Kier alpha value is -2.51. The molecule has 0 radical (unpaired) electrons. The van der Waals surface area contributed by atoms with Crippen molar-refractivity contribution in [3.63, 3.8) is 0 Å². The van der Waals surface area contributed by atoms with E-state index in [0.717, 1.165) is 46.8 Å². The molecule has 0 aliphatic carbocycles. The van der Waals surface area contributed by atoms with Gasteiger partial charge in [0.05, 0.1) is 11.4 Å². The number of aromatic nitrogens is 3. The molecule has 0 aliphatic heterocycles. The lowest BCUT2D eigenvalue weighted by Gasteiger charge is -2.10. The van der Waals surface area contributed by atoms with E-state index in [9.17, 15) is 0 Å². The normalized spacial score (nSPS) is 11.0. The number of nitrogens with zero attached hydrogens (tertiary/aromatic N) is 3. The second-order valence-corrected chi connectivity index (χ2v) is 7.65. The van der Waals surface area contributed by atoms with Crippen LogP contribution >= 0.6 is 22.7 Å². The van der Waals surface area contributed by atoms with Gasteiger partial charge in [0.2, 0.25) is 5.95 Å². The van der Waals surface area contributed by atoms with E-state index in [1.807, 2.05) is 26.1 Å². The number of anilines is 1. The second-order valence-electron chi connectivity index (χ2n) is 5.92. The Kier molecular flexibility index (Phi) is 4.81. The summed E-state index contributed by atoms with van der Waals surface area (Å²) in [5.74, 6) is 1.51. The van der Waals surface area contributed by atoms with Crippen LogP contribution in [0.3, 0.4) is 0 Å². The molecule has 7 heteroatoms. The molecular weight excluding hydrogens is 364 g/mol. The minimum absolute atomic E-state index is 0.637. The third-order valence-corrected chi connectivity index (χ3v) is 5.80. The van der Waals surface area contributed by atoms with Gasteiger partial charge >= 0.3 is 0 Å². The van der Waals surface area contributed by atoms with Crippen LogP contribution in [0.15, 0.2) is 45.1 Å². The fraction of sp³-hybridized carbons (Fsp3) is 0.211. The summed E-state index contributed by atoms with van der Waals surface area (Å²) in [6.45, 7) is 4.63. The molecule has 4 heterocycles. The van der Waals surface area contributed by atoms with Crippen molar-refractivity contribution in [2.45, 2.75) is 20.3 Å². The monoisotopic (exact) mass is 382 g/mol. The molecule has 0 saturated carbocycles. The summed E-state index contributed by atoms with van der Waals surface area (Å²) < 4.78 is 5.22. The fourth-order valence-electron chi connectivity index (χ4n) is 2.86. The van der Waals surface area contributed by atoms with Crippen LogP contribution in [0, 0.1) is 13.8 Å². The lowest BCUT2D eigenvalue weighted by molar-refractivity contribution is 0.392. The lowest BCUT2D eigenvalue weighted by Crippen LogP contribution is -2.09. The van der Waals surface area contributed by atoms with Crippen LogP contribution < -0.4 is 5.32 Å². The van der Waals surface area contributed by atoms with Gasteiger partial charge in [0.25, 0.3) is 0 Å². The van der Waals surface area contributed by atoms with E-state index in [1.54, 1.807) is 22.7 Å². The summed E-state index contributed by atoms with van der Waals surface area (Å²) in [7, 11) is 0. The van der Waals surface area contributed by atoms with Gasteiger partial charge in [-0.15, -0.1) is 11.3 Å². The molecule has 26 heavy (non-hydrogen) atoms. The second kappa shape index (κ2) is 7.39. The van der Waals surface area contributed by atoms with Crippen LogP contribution in [0.2, 0.25) is 0 Å². The highest BCUT2D eigenvalue weighted by Gasteiger charge is 2.13. The largest absolute Gasteiger partial charge is 0.361 e. The molecule has 1 N–H and O–H groups in total. The van der Waals surface area contributed by atoms with Crippen molar-refractivity contribution in [3.8, 4) is 21.7 Å². The van der Waals surface area contributed by atoms with Gasteiger partial charge in [-0.3, -0.25) is 0 Å². The van der Waals surface area contributed by atoms with Crippen molar-refractivity contribution in [1.82, 2.24) is 15.1 Å². The van der Waals surface area contributed by atoms with Gasteiger partial charge in [-0.2, -0.15) is 11.3 Å². The Balaban J connectivity index is 1.57. The highest BCUT2D eigenvalue weighted by Crippen LogP contribution is 2.34. The van der Waals surface area contributed by atoms with E-state index in [0.29, 0.717) is 5.95 Å². The molecule has 132 valence electrons. The zero-order valence-corrected chi connectivity index (χ0v) is 16.2. The van der Waals surface area contributed by atoms with Gasteiger partial charge in [0.15, 0.2) is 0 Å². The summed E-state index contributed by atoms with van der Waals surface area (Å²) in [5, 5.41) is 13.6. The molecule has 4 aromatic rings. The Labute approximate surface area is 159 Å².